The van der Waals surface area contributed by atoms with E-state index in [-0.39, 0.29) is 12.4 Å². The molecule has 1 aromatic heterocycles. The van der Waals surface area contributed by atoms with E-state index < -0.39 is 11.9 Å². The maximum atomic E-state index is 12.7. The van der Waals surface area contributed by atoms with Crippen LogP contribution >= 0.6 is 0 Å². The van der Waals surface area contributed by atoms with Crippen LogP contribution in [0.25, 0.3) is 0 Å². The molecule has 0 saturated carbocycles. The molecule has 106 valence electrons. The second-order valence-corrected chi connectivity index (χ2v) is 4.23. The van der Waals surface area contributed by atoms with E-state index in [2.05, 4.69) is 4.98 Å². The third-order valence-corrected chi connectivity index (χ3v) is 2.75. The van der Waals surface area contributed by atoms with Crippen LogP contribution in [-0.4, -0.2) is 4.98 Å². The first-order valence-electron chi connectivity index (χ1n) is 5.92. The van der Waals surface area contributed by atoms with Crippen molar-refractivity contribution in [1.82, 2.24) is 4.98 Å². The predicted octanol–water partition coefficient (Wildman–Crippen LogP) is 3.66. The standard InChI is InChI=1S/C14H13F3N2O/c1-9-4-2-3-5-11(9)20-13-10(8-18)6-7-12(19-13)14(15,16)17/h2-7H,8,18H2,1H3. The van der Waals surface area contributed by atoms with Gasteiger partial charge < -0.3 is 10.5 Å². The normalized spacial score (nSPS) is 11.4. The molecule has 0 radical (unpaired) electrons. The van der Waals surface area contributed by atoms with Gasteiger partial charge in [0.15, 0.2) is 0 Å². The fourth-order valence-electron chi connectivity index (χ4n) is 1.65. The van der Waals surface area contributed by atoms with Crippen molar-refractivity contribution >= 4 is 0 Å². The highest BCUT2D eigenvalue weighted by Crippen LogP contribution is 2.32. The number of hydrogen-bond acceptors (Lipinski definition) is 3. The maximum absolute atomic E-state index is 12.7. The van der Waals surface area contributed by atoms with Crippen LogP contribution in [0.3, 0.4) is 0 Å². The van der Waals surface area contributed by atoms with Crippen LogP contribution in [-0.2, 0) is 12.7 Å². The lowest BCUT2D eigenvalue weighted by molar-refractivity contribution is -0.141. The zero-order valence-electron chi connectivity index (χ0n) is 10.7. The second kappa shape index (κ2) is 5.50. The summed E-state index contributed by atoms with van der Waals surface area (Å²) in [6, 6.07) is 9.18. The molecule has 1 heterocycles. The van der Waals surface area contributed by atoms with E-state index in [4.69, 9.17) is 10.5 Å². The van der Waals surface area contributed by atoms with Crippen molar-refractivity contribution in [2.24, 2.45) is 5.73 Å². The van der Waals surface area contributed by atoms with Crippen molar-refractivity contribution in [2.75, 3.05) is 0 Å². The van der Waals surface area contributed by atoms with E-state index in [0.717, 1.165) is 11.6 Å². The molecular weight excluding hydrogens is 269 g/mol. The fraction of sp³-hybridized carbons (Fsp3) is 0.214. The van der Waals surface area contributed by atoms with Gasteiger partial charge in [-0.2, -0.15) is 13.2 Å². The Morgan fingerprint density at radius 1 is 1.15 bits per heavy atom. The predicted molar refractivity (Wildman–Crippen MR) is 68.4 cm³/mol. The number of halogens is 3. The Kier molecular flexibility index (Phi) is 3.94. The first kappa shape index (κ1) is 14.3. The molecule has 2 rings (SSSR count). The molecule has 0 aliphatic carbocycles. The minimum atomic E-state index is -4.52. The largest absolute Gasteiger partial charge is 0.438 e. The Hall–Kier alpha value is -2.08. The Balaban J connectivity index is 2.42. The Morgan fingerprint density at radius 2 is 1.85 bits per heavy atom. The van der Waals surface area contributed by atoms with Gasteiger partial charge in [0.1, 0.15) is 11.4 Å². The van der Waals surface area contributed by atoms with Gasteiger partial charge in [0.25, 0.3) is 0 Å². The second-order valence-electron chi connectivity index (χ2n) is 4.23. The molecule has 0 bridgehead atoms. The van der Waals surface area contributed by atoms with Crippen molar-refractivity contribution in [1.29, 1.82) is 0 Å². The van der Waals surface area contributed by atoms with Crippen LogP contribution < -0.4 is 10.5 Å². The lowest BCUT2D eigenvalue weighted by Gasteiger charge is -2.13. The number of hydrogen-bond donors (Lipinski definition) is 1. The summed E-state index contributed by atoms with van der Waals surface area (Å²) in [5.41, 5.74) is 5.72. The molecule has 0 aliphatic heterocycles. The average Bonchev–Trinajstić information content (AvgIpc) is 2.40. The van der Waals surface area contributed by atoms with Crippen molar-refractivity contribution in [3.63, 3.8) is 0 Å². The molecule has 0 amide bonds. The van der Waals surface area contributed by atoms with Gasteiger partial charge in [0.2, 0.25) is 5.88 Å². The van der Waals surface area contributed by atoms with Crippen LogP contribution in [0.2, 0.25) is 0 Å². The molecule has 20 heavy (non-hydrogen) atoms. The van der Waals surface area contributed by atoms with E-state index in [0.29, 0.717) is 11.3 Å². The minimum absolute atomic E-state index is 0.0480. The summed E-state index contributed by atoms with van der Waals surface area (Å²) in [5, 5.41) is 0. The van der Waals surface area contributed by atoms with E-state index in [1.807, 2.05) is 6.07 Å². The molecule has 6 heteroatoms. The van der Waals surface area contributed by atoms with E-state index in [1.165, 1.54) is 6.07 Å². The van der Waals surface area contributed by atoms with Gasteiger partial charge >= 0.3 is 6.18 Å². The monoisotopic (exact) mass is 282 g/mol. The number of nitrogens with zero attached hydrogens (tertiary/aromatic N) is 1. The molecule has 1 aromatic carbocycles. The zero-order valence-corrected chi connectivity index (χ0v) is 10.7. The van der Waals surface area contributed by atoms with Crippen LogP contribution in [0.5, 0.6) is 11.6 Å². The van der Waals surface area contributed by atoms with Crippen LogP contribution in [0.15, 0.2) is 36.4 Å². The lowest BCUT2D eigenvalue weighted by atomic mass is 10.2. The van der Waals surface area contributed by atoms with Crippen LogP contribution in [0, 0.1) is 6.92 Å². The van der Waals surface area contributed by atoms with Crippen molar-refractivity contribution in [3.05, 3.63) is 53.2 Å². The molecule has 0 aliphatic rings. The Labute approximate surface area is 114 Å². The Morgan fingerprint density at radius 3 is 2.45 bits per heavy atom. The third kappa shape index (κ3) is 3.08. The number of benzene rings is 1. The SMILES string of the molecule is Cc1ccccc1Oc1nc(C(F)(F)F)ccc1CN. The molecule has 0 atom stereocenters. The van der Waals surface area contributed by atoms with Crippen molar-refractivity contribution < 1.29 is 17.9 Å². The summed E-state index contributed by atoms with van der Waals surface area (Å²) in [5.74, 6) is 0.339. The van der Waals surface area contributed by atoms with Gasteiger partial charge in [-0.1, -0.05) is 24.3 Å². The molecular formula is C14H13F3N2O. The topological polar surface area (TPSA) is 48.1 Å². The Bertz CT molecular complexity index is 612. The lowest BCUT2D eigenvalue weighted by Crippen LogP contribution is -2.10. The highest BCUT2D eigenvalue weighted by molar-refractivity contribution is 5.38. The third-order valence-electron chi connectivity index (χ3n) is 2.75. The number of nitrogens with two attached hydrogens (primary N) is 1. The van der Waals surface area contributed by atoms with Gasteiger partial charge in [-0.15, -0.1) is 0 Å². The average molecular weight is 282 g/mol. The first-order chi connectivity index (χ1) is 9.41. The van der Waals surface area contributed by atoms with Gasteiger partial charge in [0.05, 0.1) is 0 Å². The first-order valence-corrected chi connectivity index (χ1v) is 5.92. The van der Waals surface area contributed by atoms with Gasteiger partial charge in [-0.05, 0) is 24.6 Å². The molecule has 0 fully saturated rings. The molecule has 2 aromatic rings. The van der Waals surface area contributed by atoms with Gasteiger partial charge in [-0.3, -0.25) is 0 Å². The molecule has 0 unspecified atom stereocenters. The van der Waals surface area contributed by atoms with Crippen LogP contribution in [0.1, 0.15) is 16.8 Å². The number of aromatic nitrogens is 1. The van der Waals surface area contributed by atoms with E-state index >= 15 is 0 Å². The molecule has 2 N–H and O–H groups in total. The minimum Gasteiger partial charge on any atom is -0.438 e. The summed E-state index contributed by atoms with van der Waals surface area (Å²) in [6.07, 6.45) is -4.52. The number of para-hydroxylation sites is 1. The maximum Gasteiger partial charge on any atom is 0.433 e. The van der Waals surface area contributed by atoms with Gasteiger partial charge in [-0.25, -0.2) is 4.98 Å². The fourth-order valence-corrected chi connectivity index (χ4v) is 1.65. The van der Waals surface area contributed by atoms with Gasteiger partial charge in [0, 0.05) is 12.1 Å². The molecule has 3 nitrogen and oxygen atoms in total. The number of rotatable bonds is 3. The highest BCUT2D eigenvalue weighted by atomic mass is 19.4. The smallest absolute Gasteiger partial charge is 0.433 e. The number of ether oxygens (including phenoxy) is 1. The van der Waals surface area contributed by atoms with Crippen LogP contribution in [0.4, 0.5) is 13.2 Å². The summed E-state index contributed by atoms with van der Waals surface area (Å²) in [7, 11) is 0. The van der Waals surface area contributed by atoms with E-state index in [1.54, 1.807) is 25.1 Å². The number of aryl methyl sites for hydroxylation is 1. The summed E-state index contributed by atoms with van der Waals surface area (Å²) < 4.78 is 43.5. The van der Waals surface area contributed by atoms with Crippen molar-refractivity contribution in [3.8, 4) is 11.6 Å². The summed E-state index contributed by atoms with van der Waals surface area (Å²) in [6.45, 7) is 1.84. The summed E-state index contributed by atoms with van der Waals surface area (Å²) in [4.78, 5) is 3.52. The van der Waals surface area contributed by atoms with E-state index in [9.17, 15) is 13.2 Å². The highest BCUT2D eigenvalue weighted by Gasteiger charge is 2.33. The molecule has 0 saturated heterocycles. The van der Waals surface area contributed by atoms with Crippen molar-refractivity contribution in [2.45, 2.75) is 19.6 Å². The number of pyridine rings is 1. The quantitative estimate of drug-likeness (QED) is 0.934. The summed E-state index contributed by atoms with van der Waals surface area (Å²) >= 11 is 0. The zero-order chi connectivity index (χ0) is 14.8. The number of alkyl halides is 3. The molecule has 0 spiro atoms.